The maximum atomic E-state index is 11.5. The molecule has 128 valence electrons. The Hall–Kier alpha value is -3.63. The summed E-state index contributed by atoms with van der Waals surface area (Å²) in [6, 6.07) is 12.1. The summed E-state index contributed by atoms with van der Waals surface area (Å²) in [7, 11) is 0. The van der Waals surface area contributed by atoms with Crippen molar-refractivity contribution in [2.45, 2.75) is 25.2 Å². The van der Waals surface area contributed by atoms with E-state index in [1.54, 1.807) is 18.2 Å². The number of nitriles is 3. The predicted molar refractivity (Wildman–Crippen MR) is 91.7 cm³/mol. The molecule has 2 N–H and O–H groups in total. The zero-order valence-electron chi connectivity index (χ0n) is 13.8. The Morgan fingerprint density at radius 3 is 2.54 bits per heavy atom. The van der Waals surface area contributed by atoms with E-state index in [1.807, 2.05) is 24.3 Å². The average Bonchev–Trinajstić information content (AvgIpc) is 2.67. The molecule has 0 bridgehead atoms. The molecule has 3 rings (SSSR count). The third kappa shape index (κ3) is 2.24. The van der Waals surface area contributed by atoms with Crippen LogP contribution in [-0.4, -0.2) is 4.92 Å². The fourth-order valence-corrected chi connectivity index (χ4v) is 4.13. The van der Waals surface area contributed by atoms with Gasteiger partial charge in [-0.25, -0.2) is 0 Å². The van der Waals surface area contributed by atoms with E-state index < -0.39 is 16.3 Å². The number of nitrogens with zero attached hydrogens (tertiary/aromatic N) is 4. The minimum Gasteiger partial charge on any atom is -0.399 e. The maximum absolute atomic E-state index is 11.5. The number of nitro benzene ring substituents is 1. The topological polar surface area (TPSA) is 141 Å². The Bertz CT molecular complexity index is 957. The lowest BCUT2D eigenvalue weighted by molar-refractivity contribution is -0.385. The minimum atomic E-state index is -1.82. The second kappa shape index (κ2) is 6.35. The Morgan fingerprint density at radius 2 is 1.92 bits per heavy atom. The Kier molecular flexibility index (Phi) is 4.20. The molecule has 0 heterocycles. The van der Waals surface area contributed by atoms with Gasteiger partial charge in [0.05, 0.1) is 28.3 Å². The molecule has 2 atom stereocenters. The predicted octanol–water partition coefficient (Wildman–Crippen LogP) is 3.19. The van der Waals surface area contributed by atoms with Crippen molar-refractivity contribution in [2.24, 2.45) is 17.1 Å². The van der Waals surface area contributed by atoms with Gasteiger partial charge in [-0.3, -0.25) is 10.1 Å². The van der Waals surface area contributed by atoms with Crippen LogP contribution in [0.5, 0.6) is 0 Å². The molecule has 1 aromatic carbocycles. The third-order valence-electron chi connectivity index (χ3n) is 5.27. The molecule has 0 aliphatic heterocycles. The molecule has 7 heteroatoms. The van der Waals surface area contributed by atoms with Gasteiger partial charge in [0.1, 0.15) is 6.07 Å². The molecule has 0 aromatic heterocycles. The molecule has 2 aliphatic rings. The molecule has 26 heavy (non-hydrogen) atoms. The first-order valence-corrected chi connectivity index (χ1v) is 8.18. The fourth-order valence-electron chi connectivity index (χ4n) is 4.13. The summed E-state index contributed by atoms with van der Waals surface area (Å²) in [5.41, 5.74) is 5.23. The van der Waals surface area contributed by atoms with E-state index in [-0.39, 0.29) is 22.9 Å². The van der Waals surface area contributed by atoms with Gasteiger partial charge in [0.25, 0.3) is 5.69 Å². The van der Waals surface area contributed by atoms with Gasteiger partial charge >= 0.3 is 0 Å². The lowest BCUT2D eigenvalue weighted by atomic mass is 9.56. The number of nitrogens with two attached hydrogens (primary N) is 1. The highest BCUT2D eigenvalue weighted by Gasteiger charge is 2.55. The lowest BCUT2D eigenvalue weighted by Crippen LogP contribution is -2.42. The normalized spacial score (nSPS) is 23.7. The lowest BCUT2D eigenvalue weighted by Gasteiger charge is -2.43. The Labute approximate surface area is 150 Å². The van der Waals surface area contributed by atoms with Crippen LogP contribution in [-0.2, 0) is 0 Å². The van der Waals surface area contributed by atoms with Crippen LogP contribution >= 0.6 is 0 Å². The number of allylic oxidation sites excluding steroid dienone is 4. The summed E-state index contributed by atoms with van der Waals surface area (Å²) >= 11 is 0. The van der Waals surface area contributed by atoms with Crippen LogP contribution in [0.3, 0.4) is 0 Å². The van der Waals surface area contributed by atoms with E-state index in [0.717, 1.165) is 12.8 Å². The summed E-state index contributed by atoms with van der Waals surface area (Å²) in [6.45, 7) is 0. The summed E-state index contributed by atoms with van der Waals surface area (Å²) in [6.07, 6.45) is 4.11. The quantitative estimate of drug-likeness (QED) is 0.644. The Balaban J connectivity index is 2.39. The number of hydrogen-bond donors (Lipinski definition) is 1. The number of rotatable bonds is 2. The van der Waals surface area contributed by atoms with Gasteiger partial charge in [0.2, 0.25) is 0 Å². The number of fused-ring (bicyclic) bond motifs is 1. The molecule has 0 unspecified atom stereocenters. The van der Waals surface area contributed by atoms with Gasteiger partial charge in [0.15, 0.2) is 5.41 Å². The van der Waals surface area contributed by atoms with E-state index in [1.165, 1.54) is 6.07 Å². The SMILES string of the molecule is N#CC1=C(N)C(C#N)(C#N)[C@@H](c2ccccc2[N+](=O)[O-])[C@@H]2CCCC=C12. The van der Waals surface area contributed by atoms with Crippen molar-refractivity contribution in [1.82, 2.24) is 0 Å². The third-order valence-corrected chi connectivity index (χ3v) is 5.27. The smallest absolute Gasteiger partial charge is 0.272 e. The summed E-state index contributed by atoms with van der Waals surface area (Å²) in [4.78, 5) is 11.0. The monoisotopic (exact) mass is 345 g/mol. The highest BCUT2D eigenvalue weighted by molar-refractivity contribution is 5.61. The highest BCUT2D eigenvalue weighted by atomic mass is 16.6. The molecule has 7 nitrogen and oxygen atoms in total. The van der Waals surface area contributed by atoms with Crippen LogP contribution < -0.4 is 5.73 Å². The van der Waals surface area contributed by atoms with Crippen LogP contribution in [0, 0.1) is 55.4 Å². The van der Waals surface area contributed by atoms with E-state index >= 15 is 0 Å². The first-order valence-electron chi connectivity index (χ1n) is 8.18. The molecule has 0 amide bonds. The van der Waals surface area contributed by atoms with Gasteiger partial charge in [0, 0.05) is 17.5 Å². The van der Waals surface area contributed by atoms with Gasteiger partial charge in [-0.2, -0.15) is 15.8 Å². The molecule has 0 spiro atoms. The van der Waals surface area contributed by atoms with E-state index in [0.29, 0.717) is 17.6 Å². The van der Waals surface area contributed by atoms with E-state index in [4.69, 9.17) is 5.73 Å². The second-order valence-corrected chi connectivity index (χ2v) is 6.42. The summed E-state index contributed by atoms with van der Waals surface area (Å²) < 4.78 is 0. The van der Waals surface area contributed by atoms with Crippen LogP contribution in [0.4, 0.5) is 5.69 Å². The van der Waals surface area contributed by atoms with Crippen LogP contribution in [0.2, 0.25) is 0 Å². The van der Waals surface area contributed by atoms with Gasteiger partial charge in [-0.1, -0.05) is 24.3 Å². The molecule has 0 saturated heterocycles. The largest absolute Gasteiger partial charge is 0.399 e. The van der Waals surface area contributed by atoms with E-state index in [9.17, 15) is 25.9 Å². The molecular formula is C19H15N5O2. The number of para-hydroxylation sites is 1. The van der Waals surface area contributed by atoms with Crippen LogP contribution in [0.15, 0.2) is 47.2 Å². The number of nitro groups is 1. The van der Waals surface area contributed by atoms with Crippen molar-refractivity contribution >= 4 is 5.69 Å². The van der Waals surface area contributed by atoms with Crippen molar-refractivity contribution < 1.29 is 4.92 Å². The van der Waals surface area contributed by atoms with Crippen molar-refractivity contribution in [2.75, 3.05) is 0 Å². The first kappa shape index (κ1) is 17.2. The Morgan fingerprint density at radius 1 is 1.23 bits per heavy atom. The summed E-state index contributed by atoms with van der Waals surface area (Å²) in [5, 5.41) is 40.9. The van der Waals surface area contributed by atoms with Crippen LogP contribution in [0.25, 0.3) is 0 Å². The van der Waals surface area contributed by atoms with Gasteiger partial charge in [-0.15, -0.1) is 0 Å². The maximum Gasteiger partial charge on any atom is 0.272 e. The van der Waals surface area contributed by atoms with E-state index in [2.05, 4.69) is 0 Å². The highest BCUT2D eigenvalue weighted by Crippen LogP contribution is 2.56. The van der Waals surface area contributed by atoms with Crippen molar-refractivity contribution in [3.63, 3.8) is 0 Å². The van der Waals surface area contributed by atoms with Crippen molar-refractivity contribution in [3.05, 3.63) is 62.9 Å². The minimum absolute atomic E-state index is 0.113. The number of hydrogen-bond acceptors (Lipinski definition) is 6. The van der Waals surface area contributed by atoms with Crippen LogP contribution in [0.1, 0.15) is 30.7 Å². The number of benzene rings is 1. The first-order chi connectivity index (χ1) is 12.5. The van der Waals surface area contributed by atoms with Gasteiger partial charge < -0.3 is 5.73 Å². The molecule has 0 radical (unpaired) electrons. The zero-order valence-corrected chi connectivity index (χ0v) is 13.8. The standard InChI is InChI=1S/C19H15N5O2/c20-9-15-12-5-1-2-6-13(12)17(19(10-21,11-22)18(15)23)14-7-3-4-8-16(14)24(25)26/h3-5,7-8,13,17H,1-2,6,23H2/t13-,17-/m1/s1. The molecular weight excluding hydrogens is 330 g/mol. The molecule has 0 fully saturated rings. The zero-order chi connectivity index (χ0) is 18.9. The summed E-state index contributed by atoms with van der Waals surface area (Å²) in [5.74, 6) is -1.14. The molecule has 0 saturated carbocycles. The fraction of sp³-hybridized carbons (Fsp3) is 0.316. The average molecular weight is 345 g/mol. The van der Waals surface area contributed by atoms with Crippen molar-refractivity contribution in [1.29, 1.82) is 15.8 Å². The van der Waals surface area contributed by atoms with Crippen molar-refractivity contribution in [3.8, 4) is 18.2 Å². The molecule has 2 aliphatic carbocycles. The molecule has 1 aromatic rings. The second-order valence-electron chi connectivity index (χ2n) is 6.42. The van der Waals surface area contributed by atoms with Gasteiger partial charge in [-0.05, 0) is 30.8 Å².